The molecule has 0 unspecified atom stereocenters. The Morgan fingerprint density at radius 3 is 2.33 bits per heavy atom. The highest BCUT2D eigenvalue weighted by atomic mass is 19.4. The van der Waals surface area contributed by atoms with Crippen molar-refractivity contribution in [3.8, 4) is 5.75 Å². The number of hydrogen-bond acceptors (Lipinski definition) is 2. The van der Waals surface area contributed by atoms with Gasteiger partial charge < -0.3 is 10.8 Å². The molecule has 0 atom stereocenters. The van der Waals surface area contributed by atoms with Gasteiger partial charge in [0.2, 0.25) is 0 Å². The van der Waals surface area contributed by atoms with Crippen LogP contribution in [-0.4, -0.2) is 5.11 Å². The van der Waals surface area contributed by atoms with E-state index in [4.69, 9.17) is 10.8 Å². The third kappa shape index (κ3) is 1.79. The zero-order valence-electron chi connectivity index (χ0n) is 7.80. The lowest BCUT2D eigenvalue weighted by atomic mass is 10.0. The molecular weight excluding hydrogens is 207 g/mol. The van der Waals surface area contributed by atoms with Crippen LogP contribution in [0.15, 0.2) is 18.2 Å². The molecule has 5 heteroatoms. The number of benzene rings is 1. The van der Waals surface area contributed by atoms with Crippen molar-refractivity contribution in [3.63, 3.8) is 0 Å². The summed E-state index contributed by atoms with van der Waals surface area (Å²) in [6, 6.07) is 3.42. The van der Waals surface area contributed by atoms with Gasteiger partial charge >= 0.3 is 6.18 Å². The van der Waals surface area contributed by atoms with Crippen LogP contribution in [0.2, 0.25) is 0 Å². The summed E-state index contributed by atoms with van der Waals surface area (Å²) >= 11 is 0. The van der Waals surface area contributed by atoms with Crippen molar-refractivity contribution < 1.29 is 18.3 Å². The summed E-state index contributed by atoms with van der Waals surface area (Å²) in [5.41, 5.74) is 4.58. The monoisotopic (exact) mass is 217 g/mol. The Hall–Kier alpha value is -1.23. The van der Waals surface area contributed by atoms with Gasteiger partial charge in [0.15, 0.2) is 0 Å². The largest absolute Gasteiger partial charge is 0.507 e. The smallest absolute Gasteiger partial charge is 0.419 e. The highest BCUT2D eigenvalue weighted by Gasteiger charge is 2.42. The highest BCUT2D eigenvalue weighted by Crippen LogP contribution is 2.45. The number of phenols is 1. The lowest BCUT2D eigenvalue weighted by molar-refractivity contribution is -0.138. The molecule has 0 heterocycles. The molecule has 1 aliphatic carbocycles. The van der Waals surface area contributed by atoms with Crippen molar-refractivity contribution in [2.24, 2.45) is 5.73 Å². The molecule has 3 N–H and O–H groups in total. The van der Waals surface area contributed by atoms with E-state index in [1.54, 1.807) is 0 Å². The van der Waals surface area contributed by atoms with E-state index in [0.717, 1.165) is 12.1 Å². The summed E-state index contributed by atoms with van der Waals surface area (Å²) in [7, 11) is 0. The van der Waals surface area contributed by atoms with Gasteiger partial charge in [0.05, 0.1) is 5.56 Å². The molecule has 0 radical (unpaired) electrons. The van der Waals surface area contributed by atoms with Crippen molar-refractivity contribution in [3.05, 3.63) is 29.3 Å². The summed E-state index contributed by atoms with van der Waals surface area (Å²) in [5, 5.41) is 9.10. The molecule has 2 rings (SSSR count). The number of phenolic OH excluding ortho intramolecular Hbond substituents is 1. The molecule has 0 bridgehead atoms. The van der Waals surface area contributed by atoms with E-state index in [1.165, 1.54) is 6.07 Å². The van der Waals surface area contributed by atoms with Gasteiger partial charge in [-0.25, -0.2) is 0 Å². The van der Waals surface area contributed by atoms with Crippen molar-refractivity contribution in [2.75, 3.05) is 0 Å². The minimum absolute atomic E-state index is 0.438. The SMILES string of the molecule is NC1(c2ccc(O)c(C(F)(F)F)c2)CC1. The van der Waals surface area contributed by atoms with Crippen LogP contribution in [0.25, 0.3) is 0 Å². The van der Waals surface area contributed by atoms with Crippen LogP contribution in [-0.2, 0) is 11.7 Å². The number of halogens is 3. The van der Waals surface area contributed by atoms with E-state index in [-0.39, 0.29) is 0 Å². The number of hydrogen-bond donors (Lipinski definition) is 2. The molecule has 2 nitrogen and oxygen atoms in total. The fraction of sp³-hybridized carbons (Fsp3) is 0.400. The van der Waals surface area contributed by atoms with E-state index in [1.807, 2.05) is 0 Å². The van der Waals surface area contributed by atoms with Crippen molar-refractivity contribution in [2.45, 2.75) is 24.6 Å². The van der Waals surface area contributed by atoms with E-state index >= 15 is 0 Å². The van der Waals surface area contributed by atoms with Crippen LogP contribution in [0.3, 0.4) is 0 Å². The Labute approximate surface area is 84.5 Å². The Morgan fingerprint density at radius 1 is 1.27 bits per heavy atom. The molecule has 0 aliphatic heterocycles. The molecule has 1 fully saturated rings. The molecule has 0 amide bonds. The molecule has 82 valence electrons. The normalized spacial score (nSPS) is 18.9. The molecule has 0 saturated heterocycles. The fourth-order valence-electron chi connectivity index (χ4n) is 1.50. The molecule has 15 heavy (non-hydrogen) atoms. The first kappa shape index (κ1) is 10.3. The topological polar surface area (TPSA) is 46.2 Å². The minimum Gasteiger partial charge on any atom is -0.507 e. The minimum atomic E-state index is -4.54. The van der Waals surface area contributed by atoms with Gasteiger partial charge in [0, 0.05) is 5.54 Å². The highest BCUT2D eigenvalue weighted by molar-refractivity contribution is 5.42. The van der Waals surface area contributed by atoms with Gasteiger partial charge in [0.1, 0.15) is 5.75 Å². The van der Waals surface area contributed by atoms with Crippen molar-refractivity contribution in [1.29, 1.82) is 0 Å². The van der Waals surface area contributed by atoms with Crippen LogP contribution < -0.4 is 5.73 Å². The maximum atomic E-state index is 12.4. The van der Waals surface area contributed by atoms with E-state index < -0.39 is 23.0 Å². The second-order valence-electron chi connectivity index (χ2n) is 3.89. The maximum absolute atomic E-state index is 12.4. The second kappa shape index (κ2) is 2.88. The predicted molar refractivity (Wildman–Crippen MR) is 48.2 cm³/mol. The summed E-state index contributed by atoms with van der Waals surface area (Å²) < 4.78 is 37.3. The summed E-state index contributed by atoms with van der Waals surface area (Å²) in [5.74, 6) is -0.754. The van der Waals surface area contributed by atoms with Crippen LogP contribution in [0.1, 0.15) is 24.0 Å². The Kier molecular flexibility index (Phi) is 1.98. The van der Waals surface area contributed by atoms with Crippen molar-refractivity contribution >= 4 is 0 Å². The number of aromatic hydroxyl groups is 1. The van der Waals surface area contributed by atoms with Crippen LogP contribution in [0, 0.1) is 0 Å². The Balaban J connectivity index is 2.46. The summed E-state index contributed by atoms with van der Waals surface area (Å²) in [4.78, 5) is 0. The zero-order valence-corrected chi connectivity index (χ0v) is 7.80. The van der Waals surface area contributed by atoms with Gasteiger partial charge in [0.25, 0.3) is 0 Å². The molecule has 1 aromatic rings. The van der Waals surface area contributed by atoms with Crippen LogP contribution in [0.4, 0.5) is 13.2 Å². The summed E-state index contributed by atoms with van der Waals surface area (Å²) in [6.45, 7) is 0. The third-order valence-electron chi connectivity index (χ3n) is 2.67. The standard InChI is InChI=1S/C10H10F3NO/c11-10(12,13)7-5-6(1-2-8(7)15)9(14)3-4-9/h1-2,5,15H,3-4,14H2. The average Bonchev–Trinajstić information content (AvgIpc) is 2.83. The number of rotatable bonds is 1. The molecule has 0 spiro atoms. The zero-order chi connectivity index (χ0) is 11.3. The van der Waals surface area contributed by atoms with Gasteiger partial charge in [-0.1, -0.05) is 6.07 Å². The number of nitrogens with two attached hydrogens (primary N) is 1. The van der Waals surface area contributed by atoms with Gasteiger partial charge in [-0.2, -0.15) is 13.2 Å². The van der Waals surface area contributed by atoms with Gasteiger partial charge in [-0.05, 0) is 30.5 Å². The van der Waals surface area contributed by atoms with E-state index in [0.29, 0.717) is 18.4 Å². The first-order chi connectivity index (χ1) is 6.83. The molecular formula is C10H10F3NO. The lowest BCUT2D eigenvalue weighted by Gasteiger charge is -2.14. The van der Waals surface area contributed by atoms with Crippen LogP contribution >= 0.6 is 0 Å². The Bertz CT molecular complexity index is 396. The Morgan fingerprint density at radius 2 is 1.87 bits per heavy atom. The fourth-order valence-corrected chi connectivity index (χ4v) is 1.50. The van der Waals surface area contributed by atoms with Gasteiger partial charge in [-0.15, -0.1) is 0 Å². The third-order valence-corrected chi connectivity index (χ3v) is 2.67. The molecule has 1 aromatic carbocycles. The van der Waals surface area contributed by atoms with Crippen molar-refractivity contribution in [1.82, 2.24) is 0 Å². The van der Waals surface area contributed by atoms with Gasteiger partial charge in [-0.3, -0.25) is 0 Å². The molecule has 1 saturated carbocycles. The first-order valence-corrected chi connectivity index (χ1v) is 4.52. The van der Waals surface area contributed by atoms with Crippen LogP contribution in [0.5, 0.6) is 5.75 Å². The lowest BCUT2D eigenvalue weighted by Crippen LogP contribution is -2.19. The molecule has 0 aromatic heterocycles. The maximum Gasteiger partial charge on any atom is 0.419 e. The summed E-state index contributed by atoms with van der Waals surface area (Å²) in [6.07, 6.45) is -3.16. The predicted octanol–water partition coefficient (Wildman–Crippen LogP) is 2.36. The van der Waals surface area contributed by atoms with E-state index in [9.17, 15) is 13.2 Å². The first-order valence-electron chi connectivity index (χ1n) is 4.52. The quantitative estimate of drug-likeness (QED) is 0.758. The second-order valence-corrected chi connectivity index (χ2v) is 3.89. The van der Waals surface area contributed by atoms with E-state index in [2.05, 4.69) is 0 Å². The average molecular weight is 217 g/mol. The molecule has 1 aliphatic rings. The number of alkyl halides is 3.